The first-order valence-corrected chi connectivity index (χ1v) is 8.94. The maximum Gasteiger partial charge on any atom is 0.268 e. The molecule has 0 aliphatic carbocycles. The fourth-order valence-corrected chi connectivity index (χ4v) is 2.99. The number of amides is 1. The fourth-order valence-electron chi connectivity index (χ4n) is 2.99. The topological polar surface area (TPSA) is 90.4 Å². The van der Waals surface area contributed by atoms with Gasteiger partial charge in [-0.15, -0.1) is 0 Å². The molecule has 0 spiro atoms. The van der Waals surface area contributed by atoms with Crippen LogP contribution in [0.5, 0.6) is 5.75 Å². The Balaban J connectivity index is 1.65. The Morgan fingerprint density at radius 2 is 2.00 bits per heavy atom. The molecule has 3 rings (SSSR count). The minimum absolute atomic E-state index is 0.151. The van der Waals surface area contributed by atoms with Gasteiger partial charge in [-0.05, 0) is 42.3 Å². The van der Waals surface area contributed by atoms with Crippen molar-refractivity contribution in [2.75, 3.05) is 6.61 Å². The van der Waals surface area contributed by atoms with Gasteiger partial charge in [0.15, 0.2) is 0 Å². The highest BCUT2D eigenvalue weighted by Crippen LogP contribution is 2.25. The van der Waals surface area contributed by atoms with Gasteiger partial charge in [0.05, 0.1) is 25.1 Å². The average Bonchev–Trinajstić information content (AvgIpc) is 3.16. The van der Waals surface area contributed by atoms with Crippen LogP contribution < -0.4 is 10.5 Å². The number of hydrogen-bond acceptors (Lipinski definition) is 4. The Morgan fingerprint density at radius 1 is 1.25 bits per heavy atom. The lowest BCUT2D eigenvalue weighted by molar-refractivity contribution is 0.0993. The third-order valence-electron chi connectivity index (χ3n) is 4.49. The molecular weight excluding hydrogens is 361 g/mol. The van der Waals surface area contributed by atoms with Crippen molar-refractivity contribution in [2.45, 2.75) is 25.5 Å². The number of halogens is 1. The molecule has 2 atom stereocenters. The minimum Gasteiger partial charge on any atom is -0.493 e. The van der Waals surface area contributed by atoms with Gasteiger partial charge in [-0.3, -0.25) is 4.79 Å². The molecule has 0 aliphatic rings. The van der Waals surface area contributed by atoms with E-state index in [-0.39, 0.29) is 17.6 Å². The van der Waals surface area contributed by atoms with Crippen LogP contribution in [-0.2, 0) is 0 Å². The summed E-state index contributed by atoms with van der Waals surface area (Å²) in [7, 11) is 0. The summed E-state index contributed by atoms with van der Waals surface area (Å²) >= 11 is 0. The van der Waals surface area contributed by atoms with E-state index >= 15 is 0 Å². The first-order chi connectivity index (χ1) is 13.4. The predicted octanol–water partition coefficient (Wildman–Crippen LogP) is 3.18. The summed E-state index contributed by atoms with van der Waals surface area (Å²) < 4.78 is 20.6. The highest BCUT2D eigenvalue weighted by Gasteiger charge is 2.18. The predicted molar refractivity (Wildman–Crippen MR) is 103 cm³/mol. The standard InChI is InChI=1S/C21H22FN3O3/c1-14(26)20(25-12-19(21(23)27)24-13-25)9-10-28-18-4-2-3-16(11-18)15-5-7-17(22)8-6-15/h2-8,11-14,20,26H,9-10H2,1H3,(H2,23,27)/t14-,20+/m0/s1. The number of hydrogen-bond donors (Lipinski definition) is 2. The Labute approximate surface area is 162 Å². The second-order valence-electron chi connectivity index (χ2n) is 6.55. The molecule has 6 nitrogen and oxygen atoms in total. The number of nitrogens with zero attached hydrogens (tertiary/aromatic N) is 2. The first kappa shape index (κ1) is 19.6. The van der Waals surface area contributed by atoms with Gasteiger partial charge in [-0.1, -0.05) is 24.3 Å². The third-order valence-corrected chi connectivity index (χ3v) is 4.49. The molecule has 3 aromatic rings. The summed E-state index contributed by atoms with van der Waals surface area (Å²) in [5, 5.41) is 10.1. The summed E-state index contributed by atoms with van der Waals surface area (Å²) in [6, 6.07) is 13.5. The monoisotopic (exact) mass is 383 g/mol. The van der Waals surface area contributed by atoms with E-state index < -0.39 is 12.0 Å². The second-order valence-corrected chi connectivity index (χ2v) is 6.55. The molecule has 1 aromatic heterocycles. The molecule has 0 saturated heterocycles. The van der Waals surface area contributed by atoms with Gasteiger partial charge in [-0.2, -0.15) is 0 Å². The van der Waals surface area contributed by atoms with Crippen molar-refractivity contribution in [1.29, 1.82) is 0 Å². The lowest BCUT2D eigenvalue weighted by Gasteiger charge is -2.21. The highest BCUT2D eigenvalue weighted by molar-refractivity contribution is 5.90. The quantitative estimate of drug-likeness (QED) is 0.625. The number of primary amides is 1. The van der Waals surface area contributed by atoms with Gasteiger partial charge in [0, 0.05) is 12.6 Å². The molecule has 1 amide bonds. The van der Waals surface area contributed by atoms with Gasteiger partial charge in [0.25, 0.3) is 5.91 Å². The molecule has 0 radical (unpaired) electrons. The zero-order chi connectivity index (χ0) is 20.1. The summed E-state index contributed by atoms with van der Waals surface area (Å²) in [6.07, 6.45) is 2.85. The van der Waals surface area contributed by atoms with Crippen molar-refractivity contribution in [3.63, 3.8) is 0 Å². The Hall–Kier alpha value is -3.19. The van der Waals surface area contributed by atoms with Crippen LogP contribution in [-0.4, -0.2) is 33.3 Å². The number of ether oxygens (including phenoxy) is 1. The summed E-state index contributed by atoms with van der Waals surface area (Å²) in [5.41, 5.74) is 7.19. The van der Waals surface area contributed by atoms with Crippen LogP contribution in [0.4, 0.5) is 4.39 Å². The summed E-state index contributed by atoms with van der Waals surface area (Å²) in [6.45, 7) is 2.02. The number of carbonyl (C=O) groups excluding carboxylic acids is 1. The average molecular weight is 383 g/mol. The van der Waals surface area contributed by atoms with Crippen molar-refractivity contribution in [3.8, 4) is 16.9 Å². The van der Waals surface area contributed by atoms with E-state index in [0.29, 0.717) is 18.8 Å². The van der Waals surface area contributed by atoms with E-state index in [0.717, 1.165) is 11.1 Å². The van der Waals surface area contributed by atoms with Crippen LogP contribution in [0.2, 0.25) is 0 Å². The largest absolute Gasteiger partial charge is 0.493 e. The molecule has 7 heteroatoms. The van der Waals surface area contributed by atoms with E-state index in [1.807, 2.05) is 24.3 Å². The van der Waals surface area contributed by atoms with Crippen LogP contribution in [0.25, 0.3) is 11.1 Å². The third kappa shape index (κ3) is 4.75. The summed E-state index contributed by atoms with van der Waals surface area (Å²) in [5.74, 6) is -0.217. The lowest BCUT2D eigenvalue weighted by Crippen LogP contribution is -2.23. The van der Waals surface area contributed by atoms with Gasteiger partial charge < -0.3 is 20.1 Å². The summed E-state index contributed by atoms with van der Waals surface area (Å²) in [4.78, 5) is 15.2. The molecule has 0 fully saturated rings. The molecule has 0 bridgehead atoms. The molecule has 1 heterocycles. The van der Waals surface area contributed by atoms with Gasteiger partial charge in [0.1, 0.15) is 17.3 Å². The molecule has 0 aliphatic heterocycles. The zero-order valence-corrected chi connectivity index (χ0v) is 15.5. The molecular formula is C21H22FN3O3. The second kappa shape index (κ2) is 8.67. The number of carbonyl (C=O) groups is 1. The molecule has 2 aromatic carbocycles. The van der Waals surface area contributed by atoms with E-state index in [1.54, 1.807) is 23.6 Å². The van der Waals surface area contributed by atoms with Crippen molar-refractivity contribution in [2.24, 2.45) is 5.73 Å². The van der Waals surface area contributed by atoms with Crippen LogP contribution in [0.15, 0.2) is 61.1 Å². The van der Waals surface area contributed by atoms with Crippen molar-refractivity contribution in [1.82, 2.24) is 9.55 Å². The van der Waals surface area contributed by atoms with Crippen LogP contribution >= 0.6 is 0 Å². The zero-order valence-electron chi connectivity index (χ0n) is 15.5. The first-order valence-electron chi connectivity index (χ1n) is 8.94. The van der Waals surface area contributed by atoms with Gasteiger partial charge in [0.2, 0.25) is 0 Å². The van der Waals surface area contributed by atoms with Crippen LogP contribution in [0.3, 0.4) is 0 Å². The highest BCUT2D eigenvalue weighted by atomic mass is 19.1. The maximum absolute atomic E-state index is 13.1. The van der Waals surface area contributed by atoms with Crippen LogP contribution in [0.1, 0.15) is 29.9 Å². The number of nitrogens with two attached hydrogens (primary N) is 1. The number of aliphatic hydroxyl groups is 1. The SMILES string of the molecule is C[C@H](O)[C@@H](CCOc1cccc(-c2ccc(F)cc2)c1)n1cnc(C(N)=O)c1. The molecule has 146 valence electrons. The molecule has 3 N–H and O–H groups in total. The van der Waals surface area contributed by atoms with Gasteiger partial charge in [-0.25, -0.2) is 9.37 Å². The number of aromatic nitrogens is 2. The van der Waals surface area contributed by atoms with E-state index in [9.17, 15) is 14.3 Å². The minimum atomic E-state index is -0.663. The van der Waals surface area contributed by atoms with E-state index in [1.165, 1.54) is 24.7 Å². The number of rotatable bonds is 8. The lowest BCUT2D eigenvalue weighted by atomic mass is 10.1. The van der Waals surface area contributed by atoms with Crippen molar-refractivity contribution in [3.05, 3.63) is 72.6 Å². The number of aliphatic hydroxyl groups excluding tert-OH is 1. The van der Waals surface area contributed by atoms with Crippen LogP contribution in [0, 0.1) is 5.82 Å². The Morgan fingerprint density at radius 3 is 2.64 bits per heavy atom. The number of imidazole rings is 1. The van der Waals surface area contributed by atoms with Gasteiger partial charge >= 0.3 is 0 Å². The maximum atomic E-state index is 13.1. The number of benzene rings is 2. The van der Waals surface area contributed by atoms with E-state index in [2.05, 4.69) is 4.98 Å². The van der Waals surface area contributed by atoms with Crippen molar-refractivity contribution >= 4 is 5.91 Å². The fraction of sp³-hybridized carbons (Fsp3) is 0.238. The Bertz CT molecular complexity index is 938. The Kier molecular flexibility index (Phi) is 6.06. The molecule has 0 saturated carbocycles. The molecule has 0 unspecified atom stereocenters. The molecule has 28 heavy (non-hydrogen) atoms. The van der Waals surface area contributed by atoms with E-state index in [4.69, 9.17) is 10.5 Å². The van der Waals surface area contributed by atoms with Crippen molar-refractivity contribution < 1.29 is 19.0 Å². The smallest absolute Gasteiger partial charge is 0.268 e. The normalized spacial score (nSPS) is 13.1.